The molecule has 1 atom stereocenters. The SMILES string of the molecule is CCCC1CC(=O)N(C(=O)[O-])C1. The van der Waals surface area contributed by atoms with Crippen LogP contribution in [0.25, 0.3) is 0 Å². The summed E-state index contributed by atoms with van der Waals surface area (Å²) in [5, 5.41) is 10.4. The second-order valence-corrected chi connectivity index (χ2v) is 3.13. The molecular formula is C8H12NO3-. The van der Waals surface area contributed by atoms with E-state index in [9.17, 15) is 14.7 Å². The fourth-order valence-corrected chi connectivity index (χ4v) is 1.56. The van der Waals surface area contributed by atoms with Gasteiger partial charge in [0.15, 0.2) is 0 Å². The molecular weight excluding hydrogens is 158 g/mol. The molecule has 0 spiro atoms. The fourth-order valence-electron chi connectivity index (χ4n) is 1.56. The molecule has 2 amide bonds. The van der Waals surface area contributed by atoms with Crippen LogP contribution in [0.5, 0.6) is 0 Å². The molecule has 1 fully saturated rings. The van der Waals surface area contributed by atoms with Crippen LogP contribution in [0.3, 0.4) is 0 Å². The van der Waals surface area contributed by atoms with Crippen molar-refractivity contribution >= 4 is 12.0 Å². The first-order valence-corrected chi connectivity index (χ1v) is 4.16. The molecule has 0 saturated carbocycles. The zero-order valence-electron chi connectivity index (χ0n) is 7.08. The van der Waals surface area contributed by atoms with E-state index in [1.807, 2.05) is 6.92 Å². The van der Waals surface area contributed by atoms with Crippen LogP contribution in [0, 0.1) is 5.92 Å². The Morgan fingerprint density at radius 2 is 2.42 bits per heavy atom. The van der Waals surface area contributed by atoms with E-state index in [0.29, 0.717) is 13.0 Å². The largest absolute Gasteiger partial charge is 0.530 e. The Bertz CT molecular complexity index is 202. The summed E-state index contributed by atoms with van der Waals surface area (Å²) >= 11 is 0. The van der Waals surface area contributed by atoms with Gasteiger partial charge in [0.05, 0.1) is 0 Å². The van der Waals surface area contributed by atoms with Gasteiger partial charge in [-0.1, -0.05) is 13.3 Å². The molecule has 0 aromatic heterocycles. The average Bonchev–Trinajstić information content (AvgIpc) is 2.32. The third-order valence-corrected chi connectivity index (χ3v) is 2.12. The minimum absolute atomic E-state index is 0.209. The van der Waals surface area contributed by atoms with E-state index in [1.54, 1.807) is 0 Å². The summed E-state index contributed by atoms with van der Waals surface area (Å²) in [6.45, 7) is 2.35. The average molecular weight is 170 g/mol. The molecule has 1 aliphatic heterocycles. The van der Waals surface area contributed by atoms with Gasteiger partial charge in [-0.25, -0.2) is 0 Å². The maximum atomic E-state index is 11.0. The summed E-state index contributed by atoms with van der Waals surface area (Å²) in [6, 6.07) is 0. The first kappa shape index (κ1) is 9.03. The molecule has 1 aliphatic rings. The van der Waals surface area contributed by atoms with Crippen molar-refractivity contribution in [1.29, 1.82) is 0 Å². The molecule has 4 nitrogen and oxygen atoms in total. The quantitative estimate of drug-likeness (QED) is 0.585. The predicted octanol–water partition coefficient (Wildman–Crippen LogP) is -0.0217. The molecule has 1 unspecified atom stereocenters. The number of nitrogens with zero attached hydrogens (tertiary/aromatic N) is 1. The summed E-state index contributed by atoms with van der Waals surface area (Å²) in [4.78, 5) is 22.2. The number of carbonyl (C=O) groups excluding carboxylic acids is 2. The monoisotopic (exact) mass is 170 g/mol. The van der Waals surface area contributed by atoms with Gasteiger partial charge in [-0.2, -0.15) is 0 Å². The zero-order valence-corrected chi connectivity index (χ0v) is 7.08. The molecule has 0 radical (unpaired) electrons. The van der Waals surface area contributed by atoms with Crippen molar-refractivity contribution in [2.24, 2.45) is 5.92 Å². The van der Waals surface area contributed by atoms with Crippen LogP contribution in [0.2, 0.25) is 0 Å². The first-order valence-electron chi connectivity index (χ1n) is 4.16. The molecule has 1 rings (SSSR count). The topological polar surface area (TPSA) is 60.4 Å². The van der Waals surface area contributed by atoms with E-state index in [1.165, 1.54) is 0 Å². The number of hydrogen-bond acceptors (Lipinski definition) is 3. The maximum absolute atomic E-state index is 11.0. The number of rotatable bonds is 2. The molecule has 0 aromatic rings. The lowest BCUT2D eigenvalue weighted by molar-refractivity contribution is -0.263. The molecule has 0 N–H and O–H groups in total. The van der Waals surface area contributed by atoms with Crippen LogP contribution in [0.1, 0.15) is 26.2 Å². The summed E-state index contributed by atoms with van der Waals surface area (Å²) in [6.07, 6.45) is 0.898. The van der Waals surface area contributed by atoms with Crippen molar-refractivity contribution in [3.8, 4) is 0 Å². The Hall–Kier alpha value is -1.06. The van der Waals surface area contributed by atoms with Gasteiger partial charge in [0.1, 0.15) is 6.09 Å². The van der Waals surface area contributed by atoms with Gasteiger partial charge in [-0.3, -0.25) is 9.69 Å². The van der Waals surface area contributed by atoms with E-state index in [2.05, 4.69) is 0 Å². The summed E-state index contributed by atoms with van der Waals surface area (Å²) in [7, 11) is 0. The normalized spacial score (nSPS) is 23.2. The lowest BCUT2D eigenvalue weighted by atomic mass is 10.0. The number of hydrogen-bond donors (Lipinski definition) is 0. The van der Waals surface area contributed by atoms with Crippen molar-refractivity contribution in [2.45, 2.75) is 26.2 Å². The highest BCUT2D eigenvalue weighted by molar-refractivity contribution is 5.92. The smallest absolute Gasteiger partial charge is 0.228 e. The molecule has 12 heavy (non-hydrogen) atoms. The molecule has 4 heteroatoms. The Morgan fingerprint density at radius 3 is 2.83 bits per heavy atom. The van der Waals surface area contributed by atoms with Gasteiger partial charge in [-0.15, -0.1) is 0 Å². The molecule has 0 aliphatic carbocycles. The van der Waals surface area contributed by atoms with Crippen LogP contribution in [0.4, 0.5) is 4.79 Å². The molecule has 68 valence electrons. The summed E-state index contributed by atoms with van der Waals surface area (Å²) in [5.74, 6) is -0.103. The number of likely N-dealkylation sites (tertiary alicyclic amines) is 1. The predicted molar refractivity (Wildman–Crippen MR) is 40.1 cm³/mol. The van der Waals surface area contributed by atoms with Gasteiger partial charge in [0.25, 0.3) is 0 Å². The van der Waals surface area contributed by atoms with E-state index >= 15 is 0 Å². The van der Waals surface area contributed by atoms with E-state index < -0.39 is 6.09 Å². The van der Waals surface area contributed by atoms with Crippen molar-refractivity contribution in [1.82, 2.24) is 4.90 Å². The third-order valence-electron chi connectivity index (χ3n) is 2.12. The maximum Gasteiger partial charge on any atom is 0.228 e. The summed E-state index contributed by atoms with van der Waals surface area (Å²) in [5.41, 5.74) is 0. The molecule has 1 heterocycles. The second kappa shape index (κ2) is 3.56. The highest BCUT2D eigenvalue weighted by Crippen LogP contribution is 2.21. The Kier molecular flexibility index (Phi) is 2.68. The lowest BCUT2D eigenvalue weighted by Gasteiger charge is -2.16. The van der Waals surface area contributed by atoms with Crippen LogP contribution in [0.15, 0.2) is 0 Å². The lowest BCUT2D eigenvalue weighted by Crippen LogP contribution is -2.42. The van der Waals surface area contributed by atoms with E-state index in [0.717, 1.165) is 17.7 Å². The standard InChI is InChI=1S/C8H13NO3/c1-2-3-6-4-7(10)9(5-6)8(11)12/h6H,2-5H2,1H3,(H,11,12)/p-1. The Balaban J connectivity index is 2.50. The Morgan fingerprint density at radius 1 is 1.75 bits per heavy atom. The molecule has 0 bridgehead atoms. The highest BCUT2D eigenvalue weighted by Gasteiger charge is 2.29. The molecule has 0 aromatic carbocycles. The minimum Gasteiger partial charge on any atom is -0.530 e. The van der Waals surface area contributed by atoms with Crippen LogP contribution < -0.4 is 5.11 Å². The van der Waals surface area contributed by atoms with Gasteiger partial charge >= 0.3 is 0 Å². The van der Waals surface area contributed by atoms with Crippen molar-refractivity contribution in [2.75, 3.05) is 6.54 Å². The van der Waals surface area contributed by atoms with Gasteiger partial charge in [-0.05, 0) is 12.3 Å². The van der Waals surface area contributed by atoms with E-state index in [-0.39, 0.29) is 11.8 Å². The van der Waals surface area contributed by atoms with Crippen molar-refractivity contribution < 1.29 is 14.7 Å². The van der Waals surface area contributed by atoms with E-state index in [4.69, 9.17) is 0 Å². The van der Waals surface area contributed by atoms with Crippen LogP contribution in [-0.2, 0) is 4.79 Å². The Labute approximate surface area is 71.2 Å². The van der Waals surface area contributed by atoms with Crippen molar-refractivity contribution in [3.05, 3.63) is 0 Å². The number of carbonyl (C=O) groups is 2. The van der Waals surface area contributed by atoms with Gasteiger partial charge in [0, 0.05) is 13.0 Å². The number of carboxylic acid groups (broad SMARTS) is 1. The first-order chi connectivity index (χ1) is 5.65. The third kappa shape index (κ3) is 1.75. The van der Waals surface area contributed by atoms with Gasteiger partial charge < -0.3 is 9.90 Å². The van der Waals surface area contributed by atoms with Crippen molar-refractivity contribution in [3.63, 3.8) is 0 Å². The number of amides is 2. The molecule has 1 saturated heterocycles. The number of imide groups is 1. The van der Waals surface area contributed by atoms with Gasteiger partial charge in [0.2, 0.25) is 5.91 Å². The van der Waals surface area contributed by atoms with Crippen LogP contribution in [-0.4, -0.2) is 23.4 Å². The fraction of sp³-hybridized carbons (Fsp3) is 0.750. The minimum atomic E-state index is -1.36. The van der Waals surface area contributed by atoms with Crippen LogP contribution >= 0.6 is 0 Å². The zero-order chi connectivity index (χ0) is 9.14. The second-order valence-electron chi connectivity index (χ2n) is 3.13. The highest BCUT2D eigenvalue weighted by atomic mass is 16.4. The summed E-state index contributed by atoms with van der Waals surface area (Å²) < 4.78 is 0.